The summed E-state index contributed by atoms with van der Waals surface area (Å²) >= 11 is 0. The van der Waals surface area contributed by atoms with Crippen LogP contribution in [-0.4, -0.2) is 4.57 Å². The van der Waals surface area contributed by atoms with E-state index in [1.165, 1.54) is 76.7 Å². The molecule has 0 unspecified atom stereocenters. The third-order valence-corrected chi connectivity index (χ3v) is 11.5. The first kappa shape index (κ1) is 33.6. The van der Waals surface area contributed by atoms with Gasteiger partial charge >= 0.3 is 0 Å². The topological polar surface area (TPSA) is 8.17 Å². The van der Waals surface area contributed by atoms with E-state index >= 15 is 0 Å². The maximum Gasteiger partial charge on any atom is 0.0547 e. The van der Waals surface area contributed by atoms with Gasteiger partial charge in [-0.3, -0.25) is 0 Å². The van der Waals surface area contributed by atoms with Gasteiger partial charge in [-0.1, -0.05) is 164 Å². The van der Waals surface area contributed by atoms with E-state index in [4.69, 9.17) is 0 Å². The zero-order valence-corrected chi connectivity index (χ0v) is 31.8. The molecule has 272 valence electrons. The van der Waals surface area contributed by atoms with Gasteiger partial charge in [0.2, 0.25) is 0 Å². The molecule has 1 heterocycles. The summed E-state index contributed by atoms with van der Waals surface area (Å²) < 4.78 is 2.42. The Labute approximate surface area is 338 Å². The number of fused-ring (bicyclic) bond motifs is 5. The largest absolute Gasteiger partial charge is 0.310 e. The molecule has 0 bridgehead atoms. The van der Waals surface area contributed by atoms with Gasteiger partial charge in [0.15, 0.2) is 0 Å². The van der Waals surface area contributed by atoms with E-state index in [0.29, 0.717) is 0 Å². The summed E-state index contributed by atoms with van der Waals surface area (Å²) in [6, 6.07) is 83.7. The van der Waals surface area contributed by atoms with Gasteiger partial charge in [0.1, 0.15) is 0 Å². The van der Waals surface area contributed by atoms with Crippen molar-refractivity contribution < 1.29 is 0 Å². The fraction of sp³-hybridized carbons (Fsp3) is 0. The van der Waals surface area contributed by atoms with Crippen LogP contribution in [0.5, 0.6) is 0 Å². The van der Waals surface area contributed by atoms with Crippen molar-refractivity contribution in [2.45, 2.75) is 0 Å². The number of anilines is 3. The SMILES string of the molecule is c1ccc(-c2cccc(-c3ccc(N(c4cccc(-c5cccc6c5c5cc7ccccc7cc5n6-c5ccccc5)c4)c4cccc5ccccc45)cc3)c2)cc1. The van der Waals surface area contributed by atoms with E-state index in [1.807, 2.05) is 0 Å². The first-order chi connectivity index (χ1) is 28.8. The molecule has 0 fully saturated rings. The summed E-state index contributed by atoms with van der Waals surface area (Å²) in [6.45, 7) is 0. The van der Waals surface area contributed by atoms with Crippen LogP contribution in [0.2, 0.25) is 0 Å². The Bertz CT molecular complexity index is 3260. The van der Waals surface area contributed by atoms with Gasteiger partial charge in [-0.2, -0.15) is 0 Å². The number of aromatic nitrogens is 1. The maximum atomic E-state index is 2.42. The van der Waals surface area contributed by atoms with E-state index in [9.17, 15) is 0 Å². The standard InChI is InChI=1S/C56H38N2/c1-3-15-39(16-4-1)42-21-11-22-43(35-42)40-31-33-48(34-32-40)57(53-29-13-20-41-17-9-10-27-50(41)53)49-26-12-23-46(36-49)51-28-14-30-54-56(51)52-37-44-18-7-8-19-45(44)38-55(52)58(54)47-24-5-2-6-25-47/h1-38H. The number of nitrogens with zero attached hydrogens (tertiary/aromatic N) is 2. The zero-order valence-electron chi connectivity index (χ0n) is 31.8. The molecule has 0 atom stereocenters. The van der Waals surface area contributed by atoms with Gasteiger partial charge in [-0.15, -0.1) is 0 Å². The highest BCUT2D eigenvalue weighted by atomic mass is 15.1. The van der Waals surface area contributed by atoms with Crippen molar-refractivity contribution >= 4 is 60.4 Å². The number of hydrogen-bond donors (Lipinski definition) is 0. The van der Waals surface area contributed by atoms with Crippen molar-refractivity contribution in [2.75, 3.05) is 4.90 Å². The molecule has 58 heavy (non-hydrogen) atoms. The minimum absolute atomic E-state index is 1.10. The minimum atomic E-state index is 1.10. The van der Waals surface area contributed by atoms with Crippen molar-refractivity contribution in [3.05, 3.63) is 231 Å². The second-order valence-electron chi connectivity index (χ2n) is 15.0. The van der Waals surface area contributed by atoms with Crippen LogP contribution in [0.25, 0.3) is 82.4 Å². The summed E-state index contributed by atoms with van der Waals surface area (Å²) in [5, 5.41) is 7.39. The summed E-state index contributed by atoms with van der Waals surface area (Å²) in [4.78, 5) is 2.41. The second kappa shape index (κ2) is 14.1. The second-order valence-corrected chi connectivity index (χ2v) is 15.0. The number of para-hydroxylation sites is 1. The van der Waals surface area contributed by atoms with Gasteiger partial charge in [0, 0.05) is 33.2 Å². The highest BCUT2D eigenvalue weighted by Gasteiger charge is 2.20. The number of hydrogen-bond acceptors (Lipinski definition) is 1. The molecule has 0 saturated heterocycles. The summed E-state index contributed by atoms with van der Waals surface area (Å²) in [5.74, 6) is 0. The van der Waals surface area contributed by atoms with Crippen LogP contribution in [0.15, 0.2) is 231 Å². The third-order valence-electron chi connectivity index (χ3n) is 11.5. The molecule has 10 aromatic carbocycles. The highest BCUT2D eigenvalue weighted by Crippen LogP contribution is 2.44. The molecule has 0 amide bonds. The lowest BCUT2D eigenvalue weighted by Crippen LogP contribution is -2.10. The summed E-state index contributed by atoms with van der Waals surface area (Å²) in [6.07, 6.45) is 0. The molecule has 0 aliphatic rings. The average molecular weight is 739 g/mol. The first-order valence-electron chi connectivity index (χ1n) is 19.9. The van der Waals surface area contributed by atoms with E-state index < -0.39 is 0 Å². The molecule has 11 rings (SSSR count). The molecule has 0 N–H and O–H groups in total. The maximum absolute atomic E-state index is 2.42. The van der Waals surface area contributed by atoms with Crippen LogP contribution >= 0.6 is 0 Å². The fourth-order valence-corrected chi connectivity index (χ4v) is 8.80. The zero-order chi connectivity index (χ0) is 38.4. The molecule has 0 saturated carbocycles. The molecular weight excluding hydrogens is 701 g/mol. The predicted molar refractivity (Wildman–Crippen MR) is 247 cm³/mol. The van der Waals surface area contributed by atoms with Crippen LogP contribution in [-0.2, 0) is 0 Å². The van der Waals surface area contributed by atoms with E-state index in [-0.39, 0.29) is 0 Å². The van der Waals surface area contributed by atoms with Crippen LogP contribution < -0.4 is 4.90 Å². The lowest BCUT2D eigenvalue weighted by molar-refractivity contribution is 1.18. The van der Waals surface area contributed by atoms with Gasteiger partial charge in [0.05, 0.1) is 16.7 Å². The molecule has 2 nitrogen and oxygen atoms in total. The third kappa shape index (κ3) is 5.82. The molecule has 0 aliphatic heterocycles. The molecule has 2 heteroatoms. The van der Waals surface area contributed by atoms with Crippen molar-refractivity contribution in [3.63, 3.8) is 0 Å². The van der Waals surface area contributed by atoms with Gasteiger partial charge in [-0.25, -0.2) is 0 Å². The van der Waals surface area contributed by atoms with Crippen molar-refractivity contribution in [2.24, 2.45) is 0 Å². The first-order valence-corrected chi connectivity index (χ1v) is 19.9. The average Bonchev–Trinajstić information content (AvgIpc) is 3.62. The monoisotopic (exact) mass is 738 g/mol. The molecule has 0 radical (unpaired) electrons. The Kier molecular flexibility index (Phi) is 8.19. The molecule has 0 aliphatic carbocycles. The van der Waals surface area contributed by atoms with E-state index in [2.05, 4.69) is 240 Å². The van der Waals surface area contributed by atoms with Gasteiger partial charge in [-0.05, 0) is 116 Å². The van der Waals surface area contributed by atoms with Crippen molar-refractivity contribution in [3.8, 4) is 39.1 Å². The number of rotatable bonds is 7. The molecule has 1 aromatic heterocycles. The number of benzene rings is 10. The van der Waals surface area contributed by atoms with Gasteiger partial charge < -0.3 is 9.47 Å². The molecule has 11 aromatic rings. The predicted octanol–water partition coefficient (Wildman–Crippen LogP) is 15.6. The Hall–Kier alpha value is -7.68. The van der Waals surface area contributed by atoms with Crippen LogP contribution in [0, 0.1) is 0 Å². The lowest BCUT2D eigenvalue weighted by Gasteiger charge is -2.27. The fourth-order valence-electron chi connectivity index (χ4n) is 8.80. The highest BCUT2D eigenvalue weighted by molar-refractivity contribution is 6.18. The van der Waals surface area contributed by atoms with E-state index in [1.54, 1.807) is 0 Å². The molecule has 0 spiro atoms. The van der Waals surface area contributed by atoms with Crippen LogP contribution in [0.4, 0.5) is 17.1 Å². The lowest BCUT2D eigenvalue weighted by atomic mass is 9.97. The summed E-state index contributed by atoms with van der Waals surface area (Å²) in [7, 11) is 0. The Morgan fingerprint density at radius 3 is 1.69 bits per heavy atom. The van der Waals surface area contributed by atoms with Crippen molar-refractivity contribution in [1.82, 2.24) is 4.57 Å². The Morgan fingerprint density at radius 1 is 0.310 bits per heavy atom. The quantitative estimate of drug-likeness (QED) is 0.158. The van der Waals surface area contributed by atoms with Gasteiger partial charge in [0.25, 0.3) is 0 Å². The molecular formula is C56H38N2. The van der Waals surface area contributed by atoms with E-state index in [0.717, 1.165) is 22.7 Å². The minimum Gasteiger partial charge on any atom is -0.310 e. The Morgan fingerprint density at radius 2 is 0.897 bits per heavy atom. The van der Waals surface area contributed by atoms with Crippen molar-refractivity contribution in [1.29, 1.82) is 0 Å². The summed E-state index contributed by atoms with van der Waals surface area (Å²) in [5.41, 5.74) is 14.1. The Balaban J connectivity index is 1.08. The smallest absolute Gasteiger partial charge is 0.0547 e. The van der Waals surface area contributed by atoms with Crippen LogP contribution in [0.1, 0.15) is 0 Å². The normalized spacial score (nSPS) is 11.4. The van der Waals surface area contributed by atoms with Crippen LogP contribution in [0.3, 0.4) is 0 Å².